The minimum Gasteiger partial charge on any atom is -0.371 e. The van der Waals surface area contributed by atoms with Gasteiger partial charge in [0.25, 0.3) is 0 Å². The normalized spacial score (nSPS) is 20.5. The van der Waals surface area contributed by atoms with Crippen LogP contribution < -0.4 is 9.32 Å². The first-order valence-corrected chi connectivity index (χ1v) is 5.45. The second-order valence-corrected chi connectivity index (χ2v) is 4.12. The van der Waals surface area contributed by atoms with Crippen LogP contribution in [0.25, 0.3) is 0 Å². The molecule has 14 heavy (non-hydrogen) atoms. The Morgan fingerprint density at radius 3 is 2.36 bits per heavy atom. The van der Waals surface area contributed by atoms with Crippen molar-refractivity contribution in [3.05, 3.63) is 29.8 Å². The fourth-order valence-electron chi connectivity index (χ4n) is 1.11. The maximum Gasteiger partial charge on any atom is 0.380 e. The van der Waals surface area contributed by atoms with Crippen LogP contribution in [0.3, 0.4) is 0 Å². The number of rotatable bonds is 3. The van der Waals surface area contributed by atoms with Gasteiger partial charge in [0.05, 0.1) is 6.61 Å². The second-order valence-electron chi connectivity index (χ2n) is 2.97. The monoisotopic (exact) mass is 215 g/mol. The van der Waals surface area contributed by atoms with Gasteiger partial charge in [-0.1, -0.05) is 12.1 Å². The van der Waals surface area contributed by atoms with Crippen molar-refractivity contribution < 1.29 is 17.3 Å². The molecule has 1 heterocycles. The fraction of sp³-hybridized carbons (Fsp3) is 0.250. The van der Waals surface area contributed by atoms with Crippen molar-refractivity contribution in [3.8, 4) is 5.75 Å². The number of nitrogens with two attached hydrogens (primary N) is 1. The Balaban J connectivity index is 2.13. The van der Waals surface area contributed by atoms with Crippen LogP contribution in [0.15, 0.2) is 24.3 Å². The standard InChI is InChI=1S/C8H9NO4S/c9-14(10,11)13-7-3-1-6(2-4-7)8-5-12-8/h1-4,8H,5H2,(H2,9,10,11). The van der Waals surface area contributed by atoms with Crippen LogP contribution >= 0.6 is 0 Å². The molecule has 1 fully saturated rings. The Morgan fingerprint density at radius 2 is 1.93 bits per heavy atom. The van der Waals surface area contributed by atoms with Crippen molar-refractivity contribution in [2.45, 2.75) is 6.10 Å². The van der Waals surface area contributed by atoms with E-state index in [9.17, 15) is 8.42 Å². The number of ether oxygens (including phenoxy) is 1. The number of hydrogen-bond donors (Lipinski definition) is 1. The van der Waals surface area contributed by atoms with Gasteiger partial charge < -0.3 is 8.92 Å². The summed E-state index contributed by atoms with van der Waals surface area (Å²) in [5.41, 5.74) is 1.01. The predicted molar refractivity (Wildman–Crippen MR) is 48.9 cm³/mol. The summed E-state index contributed by atoms with van der Waals surface area (Å²) >= 11 is 0. The molecule has 0 aromatic heterocycles. The molecule has 0 aliphatic carbocycles. The summed E-state index contributed by atoms with van der Waals surface area (Å²) in [6.07, 6.45) is 0.151. The first-order valence-electron chi connectivity index (χ1n) is 3.98. The van der Waals surface area contributed by atoms with Crippen LogP contribution in [-0.2, 0) is 15.0 Å². The average molecular weight is 215 g/mol. The van der Waals surface area contributed by atoms with Gasteiger partial charge in [0.1, 0.15) is 11.9 Å². The molecule has 1 unspecified atom stereocenters. The molecule has 1 aromatic carbocycles. The average Bonchev–Trinajstić information content (AvgIpc) is 2.85. The predicted octanol–water partition coefficient (Wildman–Crippen LogP) is 0.340. The Bertz CT molecular complexity index is 421. The van der Waals surface area contributed by atoms with Gasteiger partial charge in [0.15, 0.2) is 0 Å². The smallest absolute Gasteiger partial charge is 0.371 e. The molecule has 1 aliphatic rings. The number of benzene rings is 1. The number of epoxide rings is 1. The van der Waals surface area contributed by atoms with Gasteiger partial charge in [-0.15, -0.1) is 0 Å². The van der Waals surface area contributed by atoms with Gasteiger partial charge in [0, 0.05) is 0 Å². The van der Waals surface area contributed by atoms with Crippen LogP contribution in [0.4, 0.5) is 0 Å². The molecule has 0 saturated carbocycles. The van der Waals surface area contributed by atoms with Gasteiger partial charge in [0.2, 0.25) is 0 Å². The van der Waals surface area contributed by atoms with Gasteiger partial charge in [-0.2, -0.15) is 13.6 Å². The zero-order chi connectivity index (χ0) is 10.2. The van der Waals surface area contributed by atoms with Gasteiger partial charge in [-0.25, -0.2) is 0 Å². The van der Waals surface area contributed by atoms with Crippen molar-refractivity contribution in [1.82, 2.24) is 0 Å². The summed E-state index contributed by atoms with van der Waals surface area (Å²) in [4.78, 5) is 0. The van der Waals surface area contributed by atoms with Crippen LogP contribution in [0.5, 0.6) is 5.75 Å². The second kappa shape index (κ2) is 3.23. The minimum absolute atomic E-state index is 0.151. The molecule has 76 valence electrons. The molecule has 6 heteroatoms. The Morgan fingerprint density at radius 1 is 1.36 bits per heavy atom. The Hall–Kier alpha value is -1.11. The highest BCUT2D eigenvalue weighted by molar-refractivity contribution is 7.84. The van der Waals surface area contributed by atoms with Crippen molar-refractivity contribution >= 4 is 10.3 Å². The van der Waals surface area contributed by atoms with E-state index in [1.807, 2.05) is 0 Å². The first kappa shape index (κ1) is 9.45. The van der Waals surface area contributed by atoms with Gasteiger partial charge in [-0.05, 0) is 17.7 Å². The molecule has 1 atom stereocenters. The zero-order valence-electron chi connectivity index (χ0n) is 7.21. The zero-order valence-corrected chi connectivity index (χ0v) is 8.03. The lowest BCUT2D eigenvalue weighted by molar-refractivity contribution is 0.415. The van der Waals surface area contributed by atoms with E-state index in [4.69, 9.17) is 9.88 Å². The summed E-state index contributed by atoms with van der Waals surface area (Å²) in [7, 11) is -3.93. The summed E-state index contributed by atoms with van der Waals surface area (Å²) in [6.45, 7) is 0.718. The lowest BCUT2D eigenvalue weighted by atomic mass is 10.2. The van der Waals surface area contributed by atoms with Crippen molar-refractivity contribution in [1.29, 1.82) is 0 Å². The third-order valence-electron chi connectivity index (χ3n) is 1.80. The van der Waals surface area contributed by atoms with Gasteiger partial charge >= 0.3 is 10.3 Å². The number of hydrogen-bond acceptors (Lipinski definition) is 4. The topological polar surface area (TPSA) is 81.9 Å². The Kier molecular flexibility index (Phi) is 2.18. The fourth-order valence-corrected chi connectivity index (χ4v) is 1.49. The van der Waals surface area contributed by atoms with Crippen LogP contribution in [0, 0.1) is 0 Å². The van der Waals surface area contributed by atoms with Crippen LogP contribution in [0.2, 0.25) is 0 Å². The molecule has 2 rings (SSSR count). The van der Waals surface area contributed by atoms with E-state index in [0.29, 0.717) is 0 Å². The van der Waals surface area contributed by atoms with Crippen molar-refractivity contribution in [3.63, 3.8) is 0 Å². The van der Waals surface area contributed by atoms with Crippen LogP contribution in [0.1, 0.15) is 11.7 Å². The molecule has 0 amide bonds. The molecule has 0 spiro atoms. The van der Waals surface area contributed by atoms with Gasteiger partial charge in [-0.3, -0.25) is 0 Å². The van der Waals surface area contributed by atoms with E-state index in [1.54, 1.807) is 24.3 Å². The van der Waals surface area contributed by atoms with E-state index in [1.165, 1.54) is 0 Å². The molecular formula is C8H9NO4S. The lowest BCUT2D eigenvalue weighted by Crippen LogP contribution is -2.18. The summed E-state index contributed by atoms with van der Waals surface area (Å²) in [6, 6.07) is 6.58. The minimum atomic E-state index is -3.93. The van der Waals surface area contributed by atoms with Crippen LogP contribution in [-0.4, -0.2) is 15.0 Å². The third-order valence-corrected chi connectivity index (χ3v) is 2.22. The molecule has 2 N–H and O–H groups in total. The molecule has 1 aliphatic heterocycles. The summed E-state index contributed by atoms with van der Waals surface area (Å²) in [5.74, 6) is 0.205. The molecule has 1 aromatic rings. The maximum absolute atomic E-state index is 10.6. The molecule has 5 nitrogen and oxygen atoms in total. The van der Waals surface area contributed by atoms with E-state index in [2.05, 4.69) is 4.18 Å². The highest BCUT2D eigenvalue weighted by Gasteiger charge is 2.24. The van der Waals surface area contributed by atoms with E-state index in [0.717, 1.165) is 12.2 Å². The lowest BCUT2D eigenvalue weighted by Gasteiger charge is -2.02. The first-order chi connectivity index (χ1) is 6.54. The molecule has 0 radical (unpaired) electrons. The highest BCUT2D eigenvalue weighted by Crippen LogP contribution is 2.30. The Labute approximate surface area is 81.7 Å². The highest BCUT2D eigenvalue weighted by atomic mass is 32.2. The van der Waals surface area contributed by atoms with Crippen molar-refractivity contribution in [2.75, 3.05) is 6.61 Å². The SMILES string of the molecule is NS(=O)(=O)Oc1ccc(C2CO2)cc1. The quantitative estimate of drug-likeness (QED) is 0.737. The molecule has 1 saturated heterocycles. The van der Waals surface area contributed by atoms with Crippen molar-refractivity contribution in [2.24, 2.45) is 5.14 Å². The molecule has 0 bridgehead atoms. The van der Waals surface area contributed by atoms with E-state index < -0.39 is 10.3 Å². The summed E-state index contributed by atoms with van der Waals surface area (Å²) in [5, 5.41) is 4.70. The van der Waals surface area contributed by atoms with E-state index in [-0.39, 0.29) is 11.9 Å². The maximum atomic E-state index is 10.6. The largest absolute Gasteiger partial charge is 0.380 e. The third kappa shape index (κ3) is 2.44. The summed E-state index contributed by atoms with van der Waals surface area (Å²) < 4.78 is 30.6. The molecular weight excluding hydrogens is 206 g/mol. The van der Waals surface area contributed by atoms with E-state index >= 15 is 0 Å².